The van der Waals surface area contributed by atoms with Gasteiger partial charge in [0.1, 0.15) is 0 Å². The van der Waals surface area contributed by atoms with Gasteiger partial charge in [-0.2, -0.15) is 0 Å². The van der Waals surface area contributed by atoms with Crippen molar-refractivity contribution in [3.63, 3.8) is 0 Å². The Labute approximate surface area is 190 Å². The molecule has 8 heteroatoms. The minimum absolute atomic E-state index is 0.0776. The number of non-ortho nitro benzene ring substituents is 1. The molecule has 1 aliphatic rings. The second-order valence-electron chi connectivity index (χ2n) is 8.70. The fourth-order valence-electron chi connectivity index (χ4n) is 4.11. The number of aromatic nitrogens is 1. The Morgan fingerprint density at radius 1 is 1.16 bits per heavy atom. The van der Waals surface area contributed by atoms with Crippen LogP contribution in [0.2, 0.25) is 5.02 Å². The van der Waals surface area contributed by atoms with E-state index in [1.807, 2.05) is 37.3 Å². The van der Waals surface area contributed by atoms with E-state index in [-0.39, 0.29) is 16.7 Å². The lowest BCUT2D eigenvalue weighted by Crippen LogP contribution is -2.28. The average molecular weight is 452 g/mol. The molecule has 0 saturated carbocycles. The molecule has 4 rings (SSSR count). The lowest BCUT2D eigenvalue weighted by Gasteiger charge is -2.31. The summed E-state index contributed by atoms with van der Waals surface area (Å²) in [5, 5.41) is 15.8. The Bertz CT molecular complexity index is 1240. The van der Waals surface area contributed by atoms with Crippen molar-refractivity contribution in [1.29, 1.82) is 0 Å². The van der Waals surface area contributed by atoms with Gasteiger partial charge in [-0.15, -0.1) is 0 Å². The third kappa shape index (κ3) is 4.29. The predicted octanol–water partition coefficient (Wildman–Crippen LogP) is 5.88. The summed E-state index contributed by atoms with van der Waals surface area (Å²) in [6.45, 7) is 6.30. The second kappa shape index (κ2) is 8.24. The van der Waals surface area contributed by atoms with Crippen LogP contribution in [0.25, 0.3) is 5.69 Å². The number of carbonyl (C=O) groups excluding carboxylic acids is 1. The molecule has 0 radical (unpaired) electrons. The second-order valence-corrected chi connectivity index (χ2v) is 9.14. The minimum Gasteiger partial charge on any atom is -0.318 e. The first kappa shape index (κ1) is 21.8. The molecule has 0 aliphatic heterocycles. The predicted molar refractivity (Wildman–Crippen MR) is 123 cm³/mol. The van der Waals surface area contributed by atoms with Crippen molar-refractivity contribution in [2.75, 3.05) is 0 Å². The summed E-state index contributed by atoms with van der Waals surface area (Å²) in [5.74, 6) is -0.736. The van der Waals surface area contributed by atoms with Crippen LogP contribution in [-0.4, -0.2) is 21.2 Å². The van der Waals surface area contributed by atoms with Crippen LogP contribution in [0.15, 0.2) is 59.8 Å². The SMILES string of the molecule is Cc1cc2c(n1-c1ccc(Cl)cc1)CC(C)(C)C/C2=N\OC(=O)c1cccc([N+](=O)[O-])c1. The highest BCUT2D eigenvalue weighted by Crippen LogP contribution is 2.38. The van der Waals surface area contributed by atoms with E-state index in [2.05, 4.69) is 23.6 Å². The topological polar surface area (TPSA) is 86.7 Å². The molecule has 164 valence electrons. The molecule has 1 aliphatic carbocycles. The van der Waals surface area contributed by atoms with Gasteiger partial charge in [0.05, 0.1) is 16.2 Å². The molecule has 1 heterocycles. The van der Waals surface area contributed by atoms with Gasteiger partial charge in [-0.1, -0.05) is 36.7 Å². The maximum atomic E-state index is 12.5. The third-order valence-electron chi connectivity index (χ3n) is 5.51. The quantitative estimate of drug-likeness (QED) is 0.281. The first-order chi connectivity index (χ1) is 15.1. The summed E-state index contributed by atoms with van der Waals surface area (Å²) >= 11 is 6.06. The zero-order valence-electron chi connectivity index (χ0n) is 18.0. The van der Waals surface area contributed by atoms with E-state index in [0.29, 0.717) is 17.2 Å². The van der Waals surface area contributed by atoms with Crippen molar-refractivity contribution < 1.29 is 14.6 Å². The zero-order chi connectivity index (χ0) is 23.0. The number of benzene rings is 2. The van der Waals surface area contributed by atoms with Gasteiger partial charge in [-0.25, -0.2) is 4.79 Å². The Morgan fingerprint density at radius 2 is 1.88 bits per heavy atom. The van der Waals surface area contributed by atoms with Crippen molar-refractivity contribution in [2.45, 2.75) is 33.6 Å². The van der Waals surface area contributed by atoms with Gasteiger partial charge in [0.25, 0.3) is 5.69 Å². The van der Waals surface area contributed by atoms with E-state index in [1.165, 1.54) is 24.3 Å². The van der Waals surface area contributed by atoms with Gasteiger partial charge < -0.3 is 9.40 Å². The number of nitro benzene ring substituents is 1. The van der Waals surface area contributed by atoms with E-state index in [0.717, 1.165) is 29.1 Å². The summed E-state index contributed by atoms with van der Waals surface area (Å²) in [7, 11) is 0. The van der Waals surface area contributed by atoms with Gasteiger partial charge in [-0.3, -0.25) is 10.1 Å². The molecule has 0 fully saturated rings. The molecule has 0 unspecified atom stereocenters. The lowest BCUT2D eigenvalue weighted by atomic mass is 9.76. The number of aryl methyl sites for hydroxylation is 1. The van der Waals surface area contributed by atoms with Crippen LogP contribution in [0.1, 0.15) is 47.6 Å². The summed E-state index contributed by atoms with van der Waals surface area (Å²) in [6.07, 6.45) is 1.46. The van der Waals surface area contributed by atoms with E-state index >= 15 is 0 Å². The lowest BCUT2D eigenvalue weighted by molar-refractivity contribution is -0.384. The molecule has 0 amide bonds. The van der Waals surface area contributed by atoms with Crippen molar-refractivity contribution in [2.24, 2.45) is 10.6 Å². The van der Waals surface area contributed by atoms with E-state index in [4.69, 9.17) is 16.4 Å². The number of oxime groups is 1. The first-order valence-electron chi connectivity index (χ1n) is 10.1. The highest BCUT2D eigenvalue weighted by molar-refractivity contribution is 6.30. The van der Waals surface area contributed by atoms with Gasteiger partial charge in [0.15, 0.2) is 0 Å². The summed E-state index contributed by atoms with van der Waals surface area (Å²) in [6, 6.07) is 15.1. The van der Waals surface area contributed by atoms with Crippen LogP contribution in [0, 0.1) is 22.5 Å². The fraction of sp³-hybridized carbons (Fsp3) is 0.250. The van der Waals surface area contributed by atoms with Crippen molar-refractivity contribution >= 4 is 29.0 Å². The maximum Gasteiger partial charge on any atom is 0.365 e. The standard InChI is InChI=1S/C24H22ClN3O4/c1-15-11-20-21(26-32-23(29)16-5-4-6-19(12-16)28(30)31)13-24(2,3)14-22(20)27(15)18-9-7-17(25)8-10-18/h4-12H,13-14H2,1-3H3/b26-21+. The average Bonchev–Trinajstić information content (AvgIpc) is 3.07. The maximum absolute atomic E-state index is 12.5. The van der Waals surface area contributed by atoms with Crippen molar-refractivity contribution in [1.82, 2.24) is 4.57 Å². The van der Waals surface area contributed by atoms with Crippen LogP contribution in [0.3, 0.4) is 0 Å². The fourth-order valence-corrected chi connectivity index (χ4v) is 4.23. The third-order valence-corrected chi connectivity index (χ3v) is 5.76. The van der Waals surface area contributed by atoms with Gasteiger partial charge in [0.2, 0.25) is 0 Å². The number of halogens is 1. The number of rotatable bonds is 4. The Hall–Kier alpha value is -3.45. The Balaban J connectivity index is 1.69. The normalized spacial score (nSPS) is 15.9. The summed E-state index contributed by atoms with van der Waals surface area (Å²) in [4.78, 5) is 28.1. The molecule has 1 aromatic heterocycles. The Morgan fingerprint density at radius 3 is 2.56 bits per heavy atom. The van der Waals surface area contributed by atoms with E-state index in [9.17, 15) is 14.9 Å². The Kier molecular flexibility index (Phi) is 5.60. The molecule has 0 spiro atoms. The molecule has 2 aromatic carbocycles. The number of nitrogens with zero attached hydrogens (tertiary/aromatic N) is 3. The molecule has 7 nitrogen and oxygen atoms in total. The number of hydrogen-bond acceptors (Lipinski definition) is 5. The molecule has 0 atom stereocenters. The molecule has 0 saturated heterocycles. The van der Waals surface area contributed by atoms with Crippen molar-refractivity contribution in [3.05, 3.63) is 92.2 Å². The first-order valence-corrected chi connectivity index (χ1v) is 10.5. The molecular weight excluding hydrogens is 430 g/mol. The zero-order valence-corrected chi connectivity index (χ0v) is 18.7. The monoisotopic (exact) mass is 451 g/mol. The highest BCUT2D eigenvalue weighted by Gasteiger charge is 2.34. The van der Waals surface area contributed by atoms with Gasteiger partial charge in [0, 0.05) is 39.8 Å². The summed E-state index contributed by atoms with van der Waals surface area (Å²) < 4.78 is 2.17. The molecular formula is C24H22ClN3O4. The van der Waals surface area contributed by atoms with Gasteiger partial charge >= 0.3 is 5.97 Å². The van der Waals surface area contributed by atoms with Crippen LogP contribution >= 0.6 is 11.6 Å². The van der Waals surface area contributed by atoms with Crippen molar-refractivity contribution in [3.8, 4) is 5.69 Å². The smallest absolute Gasteiger partial charge is 0.318 e. The van der Waals surface area contributed by atoms with Crippen LogP contribution < -0.4 is 0 Å². The molecule has 0 N–H and O–H groups in total. The number of nitro groups is 1. The highest BCUT2D eigenvalue weighted by atomic mass is 35.5. The molecule has 32 heavy (non-hydrogen) atoms. The van der Waals surface area contributed by atoms with E-state index < -0.39 is 10.9 Å². The number of fused-ring (bicyclic) bond motifs is 1. The number of hydrogen-bond donors (Lipinski definition) is 0. The minimum atomic E-state index is -0.736. The van der Waals surface area contributed by atoms with Crippen LogP contribution in [0.4, 0.5) is 5.69 Å². The summed E-state index contributed by atoms with van der Waals surface area (Å²) in [5.41, 5.74) is 4.53. The van der Waals surface area contributed by atoms with Crippen LogP contribution in [-0.2, 0) is 11.3 Å². The largest absolute Gasteiger partial charge is 0.365 e. The van der Waals surface area contributed by atoms with Crippen LogP contribution in [0.5, 0.6) is 0 Å². The molecule has 0 bridgehead atoms. The number of carbonyl (C=O) groups is 1. The van der Waals surface area contributed by atoms with Gasteiger partial charge in [-0.05, 0) is 61.6 Å². The van der Waals surface area contributed by atoms with E-state index in [1.54, 1.807) is 0 Å². The molecule has 3 aromatic rings.